The quantitative estimate of drug-likeness (QED) is 0.916. The van der Waals surface area contributed by atoms with Crippen molar-refractivity contribution in [3.8, 4) is 17.2 Å². The normalized spacial score (nSPS) is 24.1. The third kappa shape index (κ3) is 2.66. The van der Waals surface area contributed by atoms with Crippen LogP contribution in [0.4, 0.5) is 0 Å². The van der Waals surface area contributed by atoms with E-state index in [-0.39, 0.29) is 24.6 Å². The third-order valence-electron chi connectivity index (χ3n) is 3.98. The van der Waals surface area contributed by atoms with Crippen LogP contribution >= 0.6 is 11.6 Å². The number of nitrogens with one attached hydrogen (secondary N) is 1. The number of aliphatic hydroxyl groups is 1. The molecule has 0 unspecified atom stereocenters. The molecule has 2 aromatic rings. The van der Waals surface area contributed by atoms with Gasteiger partial charge in [0.05, 0.1) is 12.7 Å². The fourth-order valence-electron chi connectivity index (χ4n) is 2.83. The predicted octanol–water partition coefficient (Wildman–Crippen LogP) is 2.95. The number of hydrogen-bond acceptors (Lipinski definition) is 3. The minimum absolute atomic E-state index is 0.0355. The van der Waals surface area contributed by atoms with Crippen molar-refractivity contribution in [2.24, 2.45) is 0 Å². The van der Waals surface area contributed by atoms with E-state index in [1.165, 1.54) is 0 Å². The molecule has 0 amide bonds. The first-order chi connectivity index (χ1) is 10.2. The van der Waals surface area contributed by atoms with Gasteiger partial charge in [0.25, 0.3) is 0 Å². The number of nitrogens with zero attached hydrogens (tertiary/aromatic N) is 1. The molecule has 3 nitrogen and oxygen atoms in total. The standard InChI is InChI=1S/C17H15ClN2O/c18-14-3-1-2-13(8-14)11-4-6-12(7-5-11)17-15(9-19)20-16(17)10-21/h1-8,15-17,20-21H,10H2/t15-,16-,17-/m0/s1. The van der Waals surface area contributed by atoms with Crippen LogP contribution in [0.5, 0.6) is 0 Å². The minimum Gasteiger partial charge on any atom is -0.395 e. The van der Waals surface area contributed by atoms with Crippen LogP contribution in [0.3, 0.4) is 0 Å². The Balaban J connectivity index is 1.86. The maximum atomic E-state index is 9.31. The molecule has 1 heterocycles. The van der Waals surface area contributed by atoms with Crippen LogP contribution in [0.25, 0.3) is 11.1 Å². The number of halogens is 1. The Morgan fingerprint density at radius 3 is 2.52 bits per heavy atom. The number of hydrogen-bond donors (Lipinski definition) is 2. The van der Waals surface area contributed by atoms with E-state index in [1.807, 2.05) is 48.5 Å². The second kappa shape index (κ2) is 5.87. The predicted molar refractivity (Wildman–Crippen MR) is 83.0 cm³/mol. The van der Waals surface area contributed by atoms with Crippen LogP contribution in [0.2, 0.25) is 5.02 Å². The van der Waals surface area contributed by atoms with Crippen LogP contribution in [-0.4, -0.2) is 23.8 Å². The molecule has 2 aromatic carbocycles. The van der Waals surface area contributed by atoms with Gasteiger partial charge in [0.15, 0.2) is 0 Å². The molecule has 106 valence electrons. The van der Waals surface area contributed by atoms with E-state index in [0.717, 1.165) is 16.7 Å². The molecule has 3 rings (SSSR count). The Labute approximate surface area is 128 Å². The molecule has 0 aromatic heterocycles. The van der Waals surface area contributed by atoms with E-state index >= 15 is 0 Å². The van der Waals surface area contributed by atoms with Crippen molar-refractivity contribution in [3.05, 3.63) is 59.1 Å². The summed E-state index contributed by atoms with van der Waals surface area (Å²) >= 11 is 6.01. The number of nitriles is 1. The maximum Gasteiger partial charge on any atom is 0.104 e. The first-order valence-electron chi connectivity index (χ1n) is 6.85. The van der Waals surface area contributed by atoms with E-state index in [2.05, 4.69) is 11.4 Å². The highest BCUT2D eigenvalue weighted by molar-refractivity contribution is 6.30. The third-order valence-corrected chi connectivity index (χ3v) is 4.21. The Bertz CT molecular complexity index is 678. The molecule has 4 heteroatoms. The molecule has 1 saturated heterocycles. The lowest BCUT2D eigenvalue weighted by Crippen LogP contribution is -2.60. The SMILES string of the molecule is N#C[C@@H]1N[C@@H](CO)[C@H]1c1ccc(-c2cccc(Cl)c2)cc1. The lowest BCUT2D eigenvalue weighted by Gasteiger charge is -2.41. The summed E-state index contributed by atoms with van der Waals surface area (Å²) in [6, 6.07) is 17.8. The molecule has 0 radical (unpaired) electrons. The largest absolute Gasteiger partial charge is 0.395 e. The summed E-state index contributed by atoms with van der Waals surface area (Å²) < 4.78 is 0. The van der Waals surface area contributed by atoms with Crippen LogP contribution < -0.4 is 5.32 Å². The highest BCUT2D eigenvalue weighted by atomic mass is 35.5. The van der Waals surface area contributed by atoms with Gasteiger partial charge in [-0.05, 0) is 28.8 Å². The van der Waals surface area contributed by atoms with Crippen molar-refractivity contribution in [1.29, 1.82) is 5.26 Å². The lowest BCUT2D eigenvalue weighted by molar-refractivity contribution is 0.151. The molecule has 2 N–H and O–H groups in total. The van der Waals surface area contributed by atoms with Gasteiger partial charge >= 0.3 is 0 Å². The molecule has 0 bridgehead atoms. The van der Waals surface area contributed by atoms with Crippen molar-refractivity contribution in [1.82, 2.24) is 5.32 Å². The van der Waals surface area contributed by atoms with Gasteiger partial charge in [-0.25, -0.2) is 0 Å². The van der Waals surface area contributed by atoms with E-state index in [9.17, 15) is 5.11 Å². The van der Waals surface area contributed by atoms with Gasteiger partial charge in [-0.3, -0.25) is 5.32 Å². The topological polar surface area (TPSA) is 56.0 Å². The van der Waals surface area contributed by atoms with Crippen LogP contribution in [0, 0.1) is 11.3 Å². The van der Waals surface area contributed by atoms with Crippen LogP contribution in [0.15, 0.2) is 48.5 Å². The Morgan fingerprint density at radius 2 is 1.90 bits per heavy atom. The van der Waals surface area contributed by atoms with E-state index in [1.54, 1.807) is 0 Å². The summed E-state index contributed by atoms with van der Waals surface area (Å²) in [4.78, 5) is 0. The van der Waals surface area contributed by atoms with Crippen molar-refractivity contribution in [3.63, 3.8) is 0 Å². The molecule has 0 spiro atoms. The highest BCUT2D eigenvalue weighted by Gasteiger charge is 2.40. The van der Waals surface area contributed by atoms with Gasteiger partial charge in [-0.15, -0.1) is 0 Å². The molecule has 0 aliphatic carbocycles. The van der Waals surface area contributed by atoms with E-state index in [0.29, 0.717) is 5.02 Å². The van der Waals surface area contributed by atoms with Gasteiger partial charge < -0.3 is 5.11 Å². The van der Waals surface area contributed by atoms with Crippen molar-refractivity contribution < 1.29 is 5.11 Å². The number of benzene rings is 2. The summed E-state index contributed by atoms with van der Waals surface area (Å²) in [5.41, 5.74) is 3.23. The Hall–Kier alpha value is -1.86. The lowest BCUT2D eigenvalue weighted by atomic mass is 9.78. The second-order valence-corrected chi connectivity index (χ2v) is 5.66. The van der Waals surface area contributed by atoms with Gasteiger partial charge in [0, 0.05) is 17.0 Å². The van der Waals surface area contributed by atoms with E-state index < -0.39 is 0 Å². The van der Waals surface area contributed by atoms with Crippen molar-refractivity contribution >= 4 is 11.6 Å². The van der Waals surface area contributed by atoms with Crippen LogP contribution in [0.1, 0.15) is 11.5 Å². The van der Waals surface area contributed by atoms with Gasteiger partial charge in [0.2, 0.25) is 0 Å². The number of aliphatic hydroxyl groups excluding tert-OH is 1. The molecular weight excluding hydrogens is 284 g/mol. The van der Waals surface area contributed by atoms with Crippen LogP contribution in [-0.2, 0) is 0 Å². The van der Waals surface area contributed by atoms with Crippen molar-refractivity contribution in [2.45, 2.75) is 18.0 Å². The van der Waals surface area contributed by atoms with Gasteiger partial charge in [-0.2, -0.15) is 5.26 Å². The Kier molecular flexibility index (Phi) is 3.94. The zero-order chi connectivity index (χ0) is 14.8. The highest BCUT2D eigenvalue weighted by Crippen LogP contribution is 2.33. The maximum absolute atomic E-state index is 9.31. The molecular formula is C17H15ClN2O. The van der Waals surface area contributed by atoms with Gasteiger partial charge in [0.1, 0.15) is 6.04 Å². The molecule has 1 fully saturated rings. The number of rotatable bonds is 3. The summed E-state index contributed by atoms with van der Waals surface area (Å²) in [6.07, 6.45) is 0. The van der Waals surface area contributed by atoms with Gasteiger partial charge in [-0.1, -0.05) is 48.0 Å². The summed E-state index contributed by atoms with van der Waals surface area (Å²) in [7, 11) is 0. The summed E-state index contributed by atoms with van der Waals surface area (Å²) in [5.74, 6) is 0.0495. The monoisotopic (exact) mass is 298 g/mol. The Morgan fingerprint density at radius 1 is 1.14 bits per heavy atom. The summed E-state index contributed by atoms with van der Waals surface area (Å²) in [5, 5.41) is 22.2. The zero-order valence-corrected chi connectivity index (χ0v) is 12.1. The average Bonchev–Trinajstić information content (AvgIpc) is 2.48. The average molecular weight is 299 g/mol. The molecule has 3 atom stereocenters. The fraction of sp³-hybridized carbons (Fsp3) is 0.235. The van der Waals surface area contributed by atoms with Crippen molar-refractivity contribution in [2.75, 3.05) is 6.61 Å². The van der Waals surface area contributed by atoms with E-state index in [4.69, 9.17) is 16.9 Å². The zero-order valence-electron chi connectivity index (χ0n) is 11.3. The molecule has 1 aliphatic rings. The molecule has 0 saturated carbocycles. The smallest absolute Gasteiger partial charge is 0.104 e. The molecule has 1 aliphatic heterocycles. The first kappa shape index (κ1) is 14.1. The first-order valence-corrected chi connectivity index (χ1v) is 7.23. The second-order valence-electron chi connectivity index (χ2n) is 5.22. The summed E-state index contributed by atoms with van der Waals surface area (Å²) in [6.45, 7) is 0.0406. The minimum atomic E-state index is -0.223. The molecule has 21 heavy (non-hydrogen) atoms. The fourth-order valence-corrected chi connectivity index (χ4v) is 3.02.